The van der Waals surface area contributed by atoms with Crippen LogP contribution in [0, 0.1) is 0 Å². The zero-order valence-corrected chi connectivity index (χ0v) is 9.38. The van der Waals surface area contributed by atoms with Gasteiger partial charge in [-0.1, -0.05) is 24.8 Å². The predicted molar refractivity (Wildman–Crippen MR) is 68.0 cm³/mol. The molecule has 0 atom stereocenters. The first-order chi connectivity index (χ1) is 8.54. The molecular formula is C14H10O4. The van der Waals surface area contributed by atoms with E-state index in [0.717, 1.165) is 0 Å². The largest absolute Gasteiger partial charge is 0.478 e. The van der Waals surface area contributed by atoms with Crippen LogP contribution in [0.5, 0.6) is 0 Å². The Balaban J connectivity index is 2.79. The molecule has 0 aliphatic heterocycles. The first-order valence-corrected chi connectivity index (χ1v) is 5.20. The average Bonchev–Trinajstić information content (AvgIpc) is 2.36. The Morgan fingerprint density at radius 1 is 1.06 bits per heavy atom. The van der Waals surface area contributed by atoms with Gasteiger partial charge in [-0.15, -0.1) is 0 Å². The topological polar surface area (TPSA) is 74.6 Å². The van der Waals surface area contributed by atoms with Gasteiger partial charge in [0, 0.05) is 0 Å². The fraction of sp³-hybridized carbons (Fsp3) is 0. The number of aromatic carboxylic acids is 2. The SMILES string of the molecule is C=Cc1c(C(=O)O)ccc2cc(C(=O)O)ccc12. The summed E-state index contributed by atoms with van der Waals surface area (Å²) in [5, 5.41) is 19.3. The van der Waals surface area contributed by atoms with Gasteiger partial charge in [0.1, 0.15) is 0 Å². The van der Waals surface area contributed by atoms with Crippen LogP contribution in [0.3, 0.4) is 0 Å². The molecule has 18 heavy (non-hydrogen) atoms. The van der Waals surface area contributed by atoms with Crippen molar-refractivity contribution in [2.45, 2.75) is 0 Å². The molecule has 90 valence electrons. The lowest BCUT2D eigenvalue weighted by Crippen LogP contribution is -2.01. The maximum absolute atomic E-state index is 11.1. The van der Waals surface area contributed by atoms with Gasteiger partial charge in [-0.2, -0.15) is 0 Å². The summed E-state index contributed by atoms with van der Waals surface area (Å²) in [4.78, 5) is 21.9. The number of carboxylic acids is 2. The number of carboxylic acid groups (broad SMARTS) is 2. The summed E-state index contributed by atoms with van der Waals surface area (Å²) < 4.78 is 0. The smallest absolute Gasteiger partial charge is 0.336 e. The second-order valence-corrected chi connectivity index (χ2v) is 3.78. The normalized spacial score (nSPS) is 10.2. The van der Waals surface area contributed by atoms with E-state index in [9.17, 15) is 9.59 Å². The number of hydrogen-bond acceptors (Lipinski definition) is 2. The second-order valence-electron chi connectivity index (χ2n) is 3.78. The zero-order valence-electron chi connectivity index (χ0n) is 9.38. The van der Waals surface area contributed by atoms with Crippen molar-refractivity contribution in [1.29, 1.82) is 0 Å². The molecule has 2 N–H and O–H groups in total. The molecule has 2 aromatic rings. The van der Waals surface area contributed by atoms with E-state index in [1.807, 2.05) is 0 Å². The molecule has 2 aromatic carbocycles. The van der Waals surface area contributed by atoms with Gasteiger partial charge < -0.3 is 10.2 Å². The maximum atomic E-state index is 11.1. The number of fused-ring (bicyclic) bond motifs is 1. The van der Waals surface area contributed by atoms with Crippen LogP contribution in [0.25, 0.3) is 16.8 Å². The summed E-state index contributed by atoms with van der Waals surface area (Å²) in [7, 11) is 0. The summed E-state index contributed by atoms with van der Waals surface area (Å²) in [5.74, 6) is -2.05. The van der Waals surface area contributed by atoms with E-state index in [1.54, 1.807) is 12.1 Å². The average molecular weight is 242 g/mol. The standard InChI is InChI=1S/C14H10O4/c1-2-10-11-5-4-9(13(15)16)7-8(11)3-6-12(10)14(17)18/h2-7H,1H2,(H,15,16)(H,17,18). The molecule has 4 heteroatoms. The Hall–Kier alpha value is -2.62. The summed E-state index contributed by atoms with van der Waals surface area (Å²) in [6, 6.07) is 7.60. The van der Waals surface area contributed by atoms with Crippen LogP contribution in [0.1, 0.15) is 26.3 Å². The molecule has 4 nitrogen and oxygen atoms in total. The lowest BCUT2D eigenvalue weighted by atomic mass is 9.97. The van der Waals surface area contributed by atoms with Crippen molar-refractivity contribution in [3.8, 4) is 0 Å². The van der Waals surface area contributed by atoms with Crippen molar-refractivity contribution >= 4 is 28.8 Å². The molecular weight excluding hydrogens is 232 g/mol. The Bertz CT molecular complexity index is 671. The third-order valence-corrected chi connectivity index (χ3v) is 2.74. The van der Waals surface area contributed by atoms with Crippen molar-refractivity contribution in [2.24, 2.45) is 0 Å². The van der Waals surface area contributed by atoms with E-state index in [0.29, 0.717) is 16.3 Å². The van der Waals surface area contributed by atoms with Crippen molar-refractivity contribution in [3.05, 3.63) is 53.6 Å². The second kappa shape index (κ2) is 4.33. The first kappa shape index (κ1) is 11.9. The van der Waals surface area contributed by atoms with Crippen LogP contribution in [-0.4, -0.2) is 22.2 Å². The fourth-order valence-electron chi connectivity index (χ4n) is 1.89. The van der Waals surface area contributed by atoms with E-state index in [2.05, 4.69) is 6.58 Å². The van der Waals surface area contributed by atoms with E-state index in [4.69, 9.17) is 10.2 Å². The summed E-state index contributed by atoms with van der Waals surface area (Å²) in [5.41, 5.74) is 0.818. The van der Waals surface area contributed by atoms with Crippen LogP contribution < -0.4 is 0 Å². The maximum Gasteiger partial charge on any atom is 0.336 e. The minimum atomic E-state index is -1.03. The van der Waals surface area contributed by atoms with Crippen molar-refractivity contribution in [1.82, 2.24) is 0 Å². The monoisotopic (exact) mass is 242 g/mol. The van der Waals surface area contributed by atoms with Gasteiger partial charge in [-0.25, -0.2) is 9.59 Å². The molecule has 0 saturated carbocycles. The molecule has 2 rings (SSSR count). The first-order valence-electron chi connectivity index (χ1n) is 5.20. The van der Waals surface area contributed by atoms with Crippen LogP contribution in [0.15, 0.2) is 36.9 Å². The molecule has 0 heterocycles. The fourth-order valence-corrected chi connectivity index (χ4v) is 1.89. The van der Waals surface area contributed by atoms with Crippen molar-refractivity contribution in [2.75, 3.05) is 0 Å². The third-order valence-electron chi connectivity index (χ3n) is 2.74. The van der Waals surface area contributed by atoms with E-state index in [1.165, 1.54) is 24.3 Å². The van der Waals surface area contributed by atoms with Crippen molar-refractivity contribution in [3.63, 3.8) is 0 Å². The Kier molecular flexibility index (Phi) is 2.85. The summed E-state index contributed by atoms with van der Waals surface area (Å²) in [6.07, 6.45) is 1.46. The van der Waals surface area contributed by atoms with Gasteiger partial charge >= 0.3 is 11.9 Å². The lowest BCUT2D eigenvalue weighted by Gasteiger charge is -2.07. The minimum Gasteiger partial charge on any atom is -0.478 e. The van der Waals surface area contributed by atoms with Gasteiger partial charge in [0.2, 0.25) is 0 Å². The third kappa shape index (κ3) is 1.84. The quantitative estimate of drug-likeness (QED) is 0.867. The molecule has 0 unspecified atom stereocenters. The summed E-state index contributed by atoms with van der Waals surface area (Å²) in [6.45, 7) is 3.60. The minimum absolute atomic E-state index is 0.153. The molecule has 0 fully saturated rings. The van der Waals surface area contributed by atoms with Gasteiger partial charge in [0.25, 0.3) is 0 Å². The number of carbonyl (C=O) groups is 2. The number of hydrogen-bond donors (Lipinski definition) is 2. The number of rotatable bonds is 3. The highest BCUT2D eigenvalue weighted by Crippen LogP contribution is 2.25. The Morgan fingerprint density at radius 2 is 1.78 bits per heavy atom. The Labute approximate surface area is 103 Å². The van der Waals surface area contributed by atoms with Gasteiger partial charge in [0.15, 0.2) is 0 Å². The van der Waals surface area contributed by atoms with Crippen LogP contribution >= 0.6 is 0 Å². The van der Waals surface area contributed by atoms with E-state index >= 15 is 0 Å². The highest BCUT2D eigenvalue weighted by atomic mass is 16.4. The molecule has 0 aliphatic carbocycles. The van der Waals surface area contributed by atoms with Crippen molar-refractivity contribution < 1.29 is 19.8 Å². The molecule has 0 spiro atoms. The van der Waals surface area contributed by atoms with Gasteiger partial charge in [-0.05, 0) is 34.5 Å². The van der Waals surface area contributed by atoms with Gasteiger partial charge in [0.05, 0.1) is 11.1 Å². The summed E-state index contributed by atoms with van der Waals surface area (Å²) >= 11 is 0. The molecule has 0 aromatic heterocycles. The molecule has 0 amide bonds. The van der Waals surface area contributed by atoms with E-state index < -0.39 is 11.9 Å². The molecule has 0 saturated heterocycles. The highest BCUT2D eigenvalue weighted by Gasteiger charge is 2.12. The lowest BCUT2D eigenvalue weighted by molar-refractivity contribution is 0.0685. The van der Waals surface area contributed by atoms with E-state index in [-0.39, 0.29) is 11.1 Å². The van der Waals surface area contributed by atoms with Crippen LogP contribution in [-0.2, 0) is 0 Å². The zero-order chi connectivity index (χ0) is 13.3. The van der Waals surface area contributed by atoms with Gasteiger partial charge in [-0.3, -0.25) is 0 Å². The molecule has 0 bridgehead atoms. The molecule has 0 radical (unpaired) electrons. The molecule has 0 aliphatic rings. The Morgan fingerprint density at radius 3 is 2.33 bits per heavy atom. The predicted octanol–water partition coefficient (Wildman–Crippen LogP) is 2.88. The highest BCUT2D eigenvalue weighted by molar-refractivity contribution is 6.03. The van der Waals surface area contributed by atoms with Crippen LogP contribution in [0.4, 0.5) is 0 Å². The van der Waals surface area contributed by atoms with Crippen LogP contribution in [0.2, 0.25) is 0 Å². The number of benzene rings is 2.